The van der Waals surface area contributed by atoms with Crippen molar-refractivity contribution in [2.24, 2.45) is 0 Å². The molecule has 0 saturated carbocycles. The van der Waals surface area contributed by atoms with Crippen LogP contribution in [0.25, 0.3) is 0 Å². The van der Waals surface area contributed by atoms with Gasteiger partial charge < -0.3 is 14.8 Å². The fraction of sp³-hybridized carbons (Fsp3) is 0.600. The molecule has 0 atom stereocenters. The molecule has 0 amide bonds. The summed E-state index contributed by atoms with van der Waals surface area (Å²) in [6.45, 7) is 1.85. The van der Waals surface area contributed by atoms with Gasteiger partial charge in [0.25, 0.3) is 0 Å². The maximum absolute atomic E-state index is 11.5. The molecule has 0 unspecified atom stereocenters. The Hall–Kier alpha value is -1.31. The van der Waals surface area contributed by atoms with Crippen molar-refractivity contribution in [3.8, 4) is 11.5 Å². The molecular weight excluding hydrogens is 304 g/mol. The molecule has 1 N–H and O–H groups in total. The number of methoxy groups -OCH3 is 2. The molecule has 2 rings (SSSR count). The minimum atomic E-state index is -3.06. The number of hydrogen-bond acceptors (Lipinski definition) is 5. The van der Waals surface area contributed by atoms with Gasteiger partial charge in [-0.15, -0.1) is 0 Å². The summed E-state index contributed by atoms with van der Waals surface area (Å²) < 4.78 is 35.1. The van der Waals surface area contributed by atoms with Gasteiger partial charge >= 0.3 is 0 Å². The van der Waals surface area contributed by atoms with Crippen LogP contribution < -0.4 is 14.8 Å². The van der Waals surface area contributed by atoms with Gasteiger partial charge in [0.05, 0.1) is 20.5 Å². The molecule has 1 aromatic carbocycles. The van der Waals surface area contributed by atoms with Crippen LogP contribution in [0.3, 0.4) is 0 Å². The number of hydrogen-bond donors (Lipinski definition) is 1. The molecule has 0 bridgehead atoms. The Kier molecular flexibility index (Phi) is 5.66. The first-order chi connectivity index (χ1) is 10.4. The van der Waals surface area contributed by atoms with Gasteiger partial charge in [0.1, 0.15) is 11.5 Å². The zero-order chi connectivity index (χ0) is 16.2. The molecule has 1 saturated heterocycles. The van der Waals surface area contributed by atoms with Crippen molar-refractivity contribution in [3.63, 3.8) is 0 Å². The van der Waals surface area contributed by atoms with Crippen LogP contribution >= 0.6 is 0 Å². The highest BCUT2D eigenvalue weighted by atomic mass is 32.2. The van der Waals surface area contributed by atoms with Crippen molar-refractivity contribution in [3.05, 3.63) is 23.8 Å². The van der Waals surface area contributed by atoms with Crippen molar-refractivity contribution < 1.29 is 17.9 Å². The lowest BCUT2D eigenvalue weighted by Gasteiger charge is -2.30. The summed E-state index contributed by atoms with van der Waals surface area (Å²) in [6, 6.07) is 6.08. The van der Waals surface area contributed by atoms with E-state index < -0.39 is 10.0 Å². The van der Waals surface area contributed by atoms with Crippen LogP contribution in [-0.4, -0.2) is 52.3 Å². The van der Waals surface area contributed by atoms with E-state index in [1.807, 2.05) is 18.2 Å². The Morgan fingerprint density at radius 3 is 2.45 bits per heavy atom. The normalized spacial score (nSPS) is 17.4. The van der Waals surface area contributed by atoms with Crippen LogP contribution in [-0.2, 0) is 16.6 Å². The van der Waals surface area contributed by atoms with Gasteiger partial charge in [0, 0.05) is 37.3 Å². The molecular formula is C15H24N2O4S. The van der Waals surface area contributed by atoms with Crippen LogP contribution in [0.1, 0.15) is 18.4 Å². The minimum absolute atomic E-state index is 0.324. The van der Waals surface area contributed by atoms with Crippen molar-refractivity contribution in [1.29, 1.82) is 0 Å². The lowest BCUT2D eigenvalue weighted by atomic mass is 10.1. The molecule has 6 nitrogen and oxygen atoms in total. The van der Waals surface area contributed by atoms with Gasteiger partial charge in [-0.25, -0.2) is 12.7 Å². The summed E-state index contributed by atoms with van der Waals surface area (Å²) in [6.07, 6.45) is 2.92. The molecule has 22 heavy (non-hydrogen) atoms. The first kappa shape index (κ1) is 17.1. The molecule has 0 aliphatic carbocycles. The van der Waals surface area contributed by atoms with E-state index >= 15 is 0 Å². The first-order valence-corrected chi connectivity index (χ1v) is 9.18. The second-order valence-electron chi connectivity index (χ2n) is 5.49. The van der Waals surface area contributed by atoms with Gasteiger partial charge in [-0.3, -0.25) is 0 Å². The molecule has 124 valence electrons. The number of ether oxygens (including phenoxy) is 2. The second kappa shape index (κ2) is 7.30. The molecule has 1 aromatic rings. The van der Waals surface area contributed by atoms with E-state index in [-0.39, 0.29) is 0 Å². The highest BCUT2D eigenvalue weighted by Gasteiger charge is 2.24. The fourth-order valence-corrected chi connectivity index (χ4v) is 3.52. The fourth-order valence-electron chi connectivity index (χ4n) is 2.64. The molecule has 0 aromatic heterocycles. The Bertz CT molecular complexity index is 596. The summed E-state index contributed by atoms with van der Waals surface area (Å²) in [7, 11) is 0.206. The summed E-state index contributed by atoms with van der Waals surface area (Å²) in [5, 5.41) is 3.48. The van der Waals surface area contributed by atoms with Crippen LogP contribution in [0.2, 0.25) is 0 Å². The average molecular weight is 328 g/mol. The van der Waals surface area contributed by atoms with Crippen molar-refractivity contribution in [1.82, 2.24) is 9.62 Å². The van der Waals surface area contributed by atoms with E-state index in [2.05, 4.69) is 5.32 Å². The maximum Gasteiger partial charge on any atom is 0.211 e. The molecule has 0 radical (unpaired) electrons. The predicted molar refractivity (Wildman–Crippen MR) is 85.8 cm³/mol. The number of sulfonamides is 1. The first-order valence-electron chi connectivity index (χ1n) is 7.33. The van der Waals surface area contributed by atoms with Crippen LogP contribution in [0.5, 0.6) is 11.5 Å². The highest BCUT2D eigenvalue weighted by Crippen LogP contribution is 2.25. The monoisotopic (exact) mass is 328 g/mol. The summed E-state index contributed by atoms with van der Waals surface area (Å²) in [5.74, 6) is 1.56. The van der Waals surface area contributed by atoms with Gasteiger partial charge in [-0.2, -0.15) is 0 Å². The molecule has 1 aliphatic heterocycles. The number of nitrogens with one attached hydrogen (secondary N) is 1. The number of piperidine rings is 1. The number of rotatable bonds is 6. The topological polar surface area (TPSA) is 67.9 Å². The Morgan fingerprint density at radius 2 is 1.91 bits per heavy atom. The quantitative estimate of drug-likeness (QED) is 0.850. The highest BCUT2D eigenvalue weighted by molar-refractivity contribution is 7.88. The largest absolute Gasteiger partial charge is 0.497 e. The van der Waals surface area contributed by atoms with Gasteiger partial charge in [-0.1, -0.05) is 6.07 Å². The van der Waals surface area contributed by atoms with Crippen molar-refractivity contribution >= 4 is 10.0 Å². The molecule has 1 heterocycles. The third-order valence-corrected chi connectivity index (χ3v) is 5.30. The summed E-state index contributed by atoms with van der Waals surface area (Å²) >= 11 is 0. The van der Waals surface area contributed by atoms with Crippen LogP contribution in [0, 0.1) is 0 Å². The standard InChI is InChI=1S/C15H24N2O4S/c1-20-14-5-4-12(15(10-14)21-2)11-16-13-6-8-17(9-7-13)22(3,18)19/h4-5,10,13,16H,6-9,11H2,1-3H3. The van der Waals surface area contributed by atoms with Gasteiger partial charge in [0.15, 0.2) is 0 Å². The minimum Gasteiger partial charge on any atom is -0.497 e. The third kappa shape index (κ3) is 4.34. The Labute approximate surface area is 132 Å². The lowest BCUT2D eigenvalue weighted by molar-refractivity contribution is 0.289. The van der Waals surface area contributed by atoms with Crippen molar-refractivity contribution in [2.45, 2.75) is 25.4 Å². The lowest BCUT2D eigenvalue weighted by Crippen LogP contribution is -2.44. The SMILES string of the molecule is COc1ccc(CNC2CCN(S(C)(=O)=O)CC2)c(OC)c1. The van der Waals surface area contributed by atoms with E-state index in [0.29, 0.717) is 25.7 Å². The van der Waals surface area contributed by atoms with E-state index in [1.165, 1.54) is 6.26 Å². The van der Waals surface area contributed by atoms with Crippen LogP contribution in [0.15, 0.2) is 18.2 Å². The summed E-state index contributed by atoms with van der Waals surface area (Å²) in [5.41, 5.74) is 1.06. The Morgan fingerprint density at radius 1 is 1.23 bits per heavy atom. The number of benzene rings is 1. The summed E-state index contributed by atoms with van der Waals surface area (Å²) in [4.78, 5) is 0. The van der Waals surface area contributed by atoms with E-state index in [4.69, 9.17) is 9.47 Å². The molecule has 1 fully saturated rings. The number of nitrogens with zero attached hydrogens (tertiary/aromatic N) is 1. The second-order valence-corrected chi connectivity index (χ2v) is 7.48. The predicted octanol–water partition coefficient (Wildman–Crippen LogP) is 1.22. The van der Waals surface area contributed by atoms with E-state index in [1.54, 1.807) is 18.5 Å². The van der Waals surface area contributed by atoms with Gasteiger partial charge in [0.2, 0.25) is 10.0 Å². The smallest absolute Gasteiger partial charge is 0.211 e. The zero-order valence-electron chi connectivity index (χ0n) is 13.3. The zero-order valence-corrected chi connectivity index (χ0v) is 14.1. The Balaban J connectivity index is 1.89. The molecule has 0 spiro atoms. The third-order valence-electron chi connectivity index (χ3n) is 4.00. The van der Waals surface area contributed by atoms with Gasteiger partial charge in [-0.05, 0) is 18.9 Å². The average Bonchev–Trinajstić information content (AvgIpc) is 2.52. The molecule has 7 heteroatoms. The van der Waals surface area contributed by atoms with Crippen LogP contribution in [0.4, 0.5) is 0 Å². The maximum atomic E-state index is 11.5. The van der Waals surface area contributed by atoms with E-state index in [9.17, 15) is 8.42 Å². The van der Waals surface area contributed by atoms with E-state index in [0.717, 1.165) is 29.9 Å². The molecule has 1 aliphatic rings. The van der Waals surface area contributed by atoms with Crippen molar-refractivity contribution in [2.75, 3.05) is 33.6 Å².